The highest BCUT2D eigenvalue weighted by atomic mass is 35.5. The van der Waals surface area contributed by atoms with Gasteiger partial charge in [0.25, 0.3) is 5.91 Å². The van der Waals surface area contributed by atoms with Crippen LogP contribution in [-0.2, 0) is 0 Å². The molecule has 0 unspecified atom stereocenters. The second-order valence-electron chi connectivity index (χ2n) is 7.65. The summed E-state index contributed by atoms with van der Waals surface area (Å²) < 4.78 is 11.6. The Morgan fingerprint density at radius 3 is 2.82 bits per heavy atom. The fraction of sp³-hybridized carbons (Fsp3) is 0.429. The van der Waals surface area contributed by atoms with E-state index in [4.69, 9.17) is 21.1 Å². The number of aromatic nitrogens is 1. The van der Waals surface area contributed by atoms with Crippen molar-refractivity contribution in [1.82, 2.24) is 15.2 Å². The minimum atomic E-state index is -0.415. The molecule has 2 heterocycles. The van der Waals surface area contributed by atoms with Crippen LogP contribution in [0.5, 0.6) is 11.5 Å². The van der Waals surface area contributed by atoms with E-state index in [9.17, 15) is 4.79 Å². The van der Waals surface area contributed by atoms with E-state index in [0.717, 1.165) is 18.5 Å². The molecular formula is C21H26ClN3O3. The maximum Gasteiger partial charge on any atom is 0.254 e. The number of nitrogens with zero attached hydrogens (tertiary/aromatic N) is 2. The number of rotatable bonds is 6. The summed E-state index contributed by atoms with van der Waals surface area (Å²) in [6.07, 6.45) is 6.32. The van der Waals surface area contributed by atoms with Crippen LogP contribution in [0.1, 0.15) is 36.2 Å². The van der Waals surface area contributed by atoms with Crippen LogP contribution in [0.4, 0.5) is 0 Å². The van der Waals surface area contributed by atoms with Gasteiger partial charge < -0.3 is 19.7 Å². The fourth-order valence-electron chi connectivity index (χ4n) is 3.16. The summed E-state index contributed by atoms with van der Waals surface area (Å²) in [6, 6.07) is 1.80. The van der Waals surface area contributed by atoms with Gasteiger partial charge in [0.2, 0.25) is 0 Å². The number of hydrogen-bond donors (Lipinski definition) is 1. The first-order valence-corrected chi connectivity index (χ1v) is 9.61. The van der Waals surface area contributed by atoms with Crippen molar-refractivity contribution in [3.8, 4) is 11.5 Å². The van der Waals surface area contributed by atoms with Gasteiger partial charge in [-0.2, -0.15) is 0 Å². The summed E-state index contributed by atoms with van der Waals surface area (Å²) in [5.74, 6) is 0.965. The molecule has 1 aromatic carbocycles. The number of pyridine rings is 1. The molecule has 0 fully saturated rings. The highest BCUT2D eigenvalue weighted by molar-refractivity contribution is 6.39. The first kappa shape index (κ1) is 20.4. The largest absolute Gasteiger partial charge is 0.496 e. The molecule has 28 heavy (non-hydrogen) atoms. The third-order valence-electron chi connectivity index (χ3n) is 4.60. The Kier molecular flexibility index (Phi) is 5.82. The molecule has 0 saturated carbocycles. The Labute approximate surface area is 170 Å². The van der Waals surface area contributed by atoms with E-state index < -0.39 is 5.60 Å². The van der Waals surface area contributed by atoms with Crippen molar-refractivity contribution in [2.24, 2.45) is 0 Å². The van der Waals surface area contributed by atoms with E-state index in [2.05, 4.69) is 15.2 Å². The first-order chi connectivity index (χ1) is 13.2. The van der Waals surface area contributed by atoms with E-state index in [0.29, 0.717) is 39.5 Å². The van der Waals surface area contributed by atoms with Crippen LogP contribution in [0.15, 0.2) is 18.3 Å². The molecule has 0 bridgehead atoms. The number of methoxy groups -OCH3 is 1. The summed E-state index contributed by atoms with van der Waals surface area (Å²) >= 11 is 6.63. The molecule has 1 aliphatic rings. The molecule has 0 spiro atoms. The number of halogens is 1. The SMILES string of the molecule is COc1cc2c(c3ncc(C(=O)NCCCN(C)C)c(Cl)c13)C=CC(C)(C)O2. The van der Waals surface area contributed by atoms with Gasteiger partial charge >= 0.3 is 0 Å². The predicted octanol–water partition coefficient (Wildman–Crippen LogP) is 3.76. The van der Waals surface area contributed by atoms with Crippen LogP contribution in [0, 0.1) is 0 Å². The van der Waals surface area contributed by atoms with Crippen LogP contribution in [0.3, 0.4) is 0 Å². The van der Waals surface area contributed by atoms with E-state index in [-0.39, 0.29) is 5.91 Å². The van der Waals surface area contributed by atoms with Crippen molar-refractivity contribution in [1.29, 1.82) is 0 Å². The lowest BCUT2D eigenvalue weighted by Gasteiger charge is -2.29. The maximum absolute atomic E-state index is 12.6. The number of nitrogens with one attached hydrogen (secondary N) is 1. The Bertz CT molecular complexity index is 938. The van der Waals surface area contributed by atoms with Crippen LogP contribution in [0.2, 0.25) is 5.02 Å². The average molecular weight is 404 g/mol. The average Bonchev–Trinajstić information content (AvgIpc) is 2.63. The third-order valence-corrected chi connectivity index (χ3v) is 4.99. The second kappa shape index (κ2) is 7.97. The monoisotopic (exact) mass is 403 g/mol. The van der Waals surface area contributed by atoms with Gasteiger partial charge in [0.15, 0.2) is 0 Å². The number of benzene rings is 1. The molecule has 3 rings (SSSR count). The standard InChI is InChI=1S/C21H26ClN3O3/c1-21(2)8-7-13-15(28-21)11-16(27-5)17-18(22)14(12-24-19(13)17)20(26)23-9-6-10-25(3)4/h7-8,11-12H,6,9-10H2,1-5H3,(H,23,26). The fourth-order valence-corrected chi connectivity index (χ4v) is 3.48. The van der Waals surface area contributed by atoms with E-state index >= 15 is 0 Å². The molecule has 1 aliphatic heterocycles. The Morgan fingerprint density at radius 2 is 2.14 bits per heavy atom. The molecule has 0 atom stereocenters. The third kappa shape index (κ3) is 4.08. The summed E-state index contributed by atoms with van der Waals surface area (Å²) in [6.45, 7) is 5.42. The number of carbonyl (C=O) groups excluding carboxylic acids is 1. The normalized spacial score (nSPS) is 14.7. The summed E-state index contributed by atoms with van der Waals surface area (Å²) in [4.78, 5) is 19.2. The summed E-state index contributed by atoms with van der Waals surface area (Å²) in [5, 5.41) is 3.84. The van der Waals surface area contributed by atoms with Crippen molar-refractivity contribution < 1.29 is 14.3 Å². The zero-order valence-electron chi connectivity index (χ0n) is 16.9. The van der Waals surface area contributed by atoms with Crippen LogP contribution < -0.4 is 14.8 Å². The zero-order chi connectivity index (χ0) is 20.5. The lowest BCUT2D eigenvalue weighted by atomic mass is 9.99. The molecule has 1 aromatic heterocycles. The second-order valence-corrected chi connectivity index (χ2v) is 8.03. The summed E-state index contributed by atoms with van der Waals surface area (Å²) in [5.41, 5.74) is 1.39. The van der Waals surface area contributed by atoms with Gasteiger partial charge in [-0.1, -0.05) is 11.6 Å². The molecule has 0 aliphatic carbocycles. The molecule has 6 nitrogen and oxygen atoms in total. The van der Waals surface area contributed by atoms with E-state index in [1.807, 2.05) is 40.1 Å². The Morgan fingerprint density at radius 1 is 1.39 bits per heavy atom. The van der Waals surface area contributed by atoms with Gasteiger partial charge in [-0.25, -0.2) is 0 Å². The molecule has 2 aromatic rings. The van der Waals surface area contributed by atoms with Gasteiger partial charge in [0.1, 0.15) is 17.1 Å². The van der Waals surface area contributed by atoms with Crippen LogP contribution in [-0.4, -0.2) is 55.7 Å². The lowest BCUT2D eigenvalue weighted by molar-refractivity contribution is 0.0952. The van der Waals surface area contributed by atoms with Crippen molar-refractivity contribution in [3.63, 3.8) is 0 Å². The number of fused-ring (bicyclic) bond motifs is 3. The van der Waals surface area contributed by atoms with Gasteiger partial charge in [-0.15, -0.1) is 0 Å². The van der Waals surface area contributed by atoms with Crippen molar-refractivity contribution >= 4 is 34.5 Å². The highest BCUT2D eigenvalue weighted by Gasteiger charge is 2.27. The summed E-state index contributed by atoms with van der Waals surface area (Å²) in [7, 11) is 5.56. The van der Waals surface area contributed by atoms with Crippen molar-refractivity contribution in [3.05, 3.63) is 34.5 Å². The van der Waals surface area contributed by atoms with Gasteiger partial charge in [0.05, 0.1) is 28.6 Å². The first-order valence-electron chi connectivity index (χ1n) is 9.24. The Balaban J connectivity index is 1.98. The van der Waals surface area contributed by atoms with Crippen molar-refractivity contribution in [2.75, 3.05) is 34.3 Å². The van der Waals surface area contributed by atoms with E-state index in [1.165, 1.54) is 6.20 Å². The lowest BCUT2D eigenvalue weighted by Crippen LogP contribution is -2.28. The number of amides is 1. The van der Waals surface area contributed by atoms with Crippen LogP contribution >= 0.6 is 11.6 Å². The number of carbonyl (C=O) groups is 1. The quantitative estimate of drug-likeness (QED) is 0.744. The maximum atomic E-state index is 12.6. The smallest absolute Gasteiger partial charge is 0.254 e. The molecular weight excluding hydrogens is 378 g/mol. The number of hydrogen-bond acceptors (Lipinski definition) is 5. The molecule has 0 radical (unpaired) electrons. The topological polar surface area (TPSA) is 63.7 Å². The molecule has 1 amide bonds. The minimum absolute atomic E-state index is 0.245. The van der Waals surface area contributed by atoms with Crippen molar-refractivity contribution in [2.45, 2.75) is 25.9 Å². The molecule has 7 heteroatoms. The molecule has 1 N–H and O–H groups in total. The van der Waals surface area contributed by atoms with Crippen LogP contribution in [0.25, 0.3) is 17.0 Å². The van der Waals surface area contributed by atoms with Gasteiger partial charge in [-0.05, 0) is 53.1 Å². The molecule has 150 valence electrons. The predicted molar refractivity (Wildman–Crippen MR) is 113 cm³/mol. The Hall–Kier alpha value is -2.31. The van der Waals surface area contributed by atoms with Gasteiger partial charge in [-0.3, -0.25) is 9.78 Å². The van der Waals surface area contributed by atoms with Gasteiger partial charge in [0, 0.05) is 24.4 Å². The molecule has 0 saturated heterocycles. The zero-order valence-corrected chi connectivity index (χ0v) is 17.7. The highest BCUT2D eigenvalue weighted by Crippen LogP contribution is 2.43. The minimum Gasteiger partial charge on any atom is -0.496 e. The number of ether oxygens (including phenoxy) is 2. The van der Waals surface area contributed by atoms with E-state index in [1.54, 1.807) is 13.2 Å².